The lowest BCUT2D eigenvalue weighted by atomic mass is 10.00. The van der Waals surface area contributed by atoms with Gasteiger partial charge < -0.3 is 15.0 Å². The maximum absolute atomic E-state index is 13.8. The fourth-order valence-corrected chi connectivity index (χ4v) is 4.22. The smallest absolute Gasteiger partial charge is 0.243 e. The molecule has 3 aromatic carbocycles. The fourth-order valence-electron chi connectivity index (χ4n) is 4.22. The predicted octanol–water partition coefficient (Wildman–Crippen LogP) is 5.41. The standard InChI is InChI=1S/C31H38N2O3/c1-5-6-17-32-31(35)29(20-25-11-8-7-9-12-25)33(22-27-13-10-14-28(19-27)36-4)30(34)21-26-16-15-23(2)24(3)18-26/h7-16,18-19,29H,5-6,17,20-22H2,1-4H3,(H,32,35)/t29-/m1/s1. The van der Waals surface area contributed by atoms with E-state index in [1.165, 1.54) is 5.56 Å². The van der Waals surface area contributed by atoms with Crippen molar-refractivity contribution in [3.05, 3.63) is 101 Å². The van der Waals surface area contributed by atoms with Gasteiger partial charge in [0.15, 0.2) is 0 Å². The van der Waals surface area contributed by atoms with Crippen LogP contribution in [0.5, 0.6) is 5.75 Å². The molecule has 2 amide bonds. The number of ether oxygens (including phenoxy) is 1. The van der Waals surface area contributed by atoms with Crippen LogP contribution in [0.15, 0.2) is 72.8 Å². The van der Waals surface area contributed by atoms with Crippen molar-refractivity contribution in [1.29, 1.82) is 0 Å². The zero-order chi connectivity index (χ0) is 25.9. The van der Waals surface area contributed by atoms with E-state index in [1.807, 2.05) is 66.7 Å². The first-order valence-corrected chi connectivity index (χ1v) is 12.7. The van der Waals surface area contributed by atoms with Crippen LogP contribution in [0.3, 0.4) is 0 Å². The minimum absolute atomic E-state index is 0.0763. The number of nitrogens with zero attached hydrogens (tertiary/aromatic N) is 1. The highest BCUT2D eigenvalue weighted by Crippen LogP contribution is 2.20. The third-order valence-corrected chi connectivity index (χ3v) is 6.51. The summed E-state index contributed by atoms with van der Waals surface area (Å²) in [5, 5.41) is 3.07. The fraction of sp³-hybridized carbons (Fsp3) is 0.355. The van der Waals surface area contributed by atoms with Crippen molar-refractivity contribution in [1.82, 2.24) is 10.2 Å². The molecular formula is C31H38N2O3. The molecule has 0 saturated carbocycles. The number of aryl methyl sites for hydroxylation is 2. The number of hydrogen-bond acceptors (Lipinski definition) is 3. The van der Waals surface area contributed by atoms with E-state index in [9.17, 15) is 9.59 Å². The number of carbonyl (C=O) groups excluding carboxylic acids is 2. The number of nitrogens with one attached hydrogen (secondary N) is 1. The molecule has 0 saturated heterocycles. The Morgan fingerprint density at radius 1 is 0.889 bits per heavy atom. The van der Waals surface area contributed by atoms with Crippen LogP contribution in [0.1, 0.15) is 47.6 Å². The van der Waals surface area contributed by atoms with Gasteiger partial charge in [-0.25, -0.2) is 0 Å². The van der Waals surface area contributed by atoms with Gasteiger partial charge in [-0.2, -0.15) is 0 Å². The second-order valence-corrected chi connectivity index (χ2v) is 9.32. The first-order valence-electron chi connectivity index (χ1n) is 12.7. The Morgan fingerprint density at radius 3 is 2.33 bits per heavy atom. The molecular weight excluding hydrogens is 448 g/mol. The van der Waals surface area contributed by atoms with Crippen LogP contribution in [0.2, 0.25) is 0 Å². The molecule has 0 unspecified atom stereocenters. The highest BCUT2D eigenvalue weighted by molar-refractivity contribution is 5.88. The van der Waals surface area contributed by atoms with Crippen molar-refractivity contribution >= 4 is 11.8 Å². The Bertz CT molecular complexity index is 1140. The predicted molar refractivity (Wildman–Crippen MR) is 145 cm³/mol. The summed E-state index contributed by atoms with van der Waals surface area (Å²) in [4.78, 5) is 29.1. The highest BCUT2D eigenvalue weighted by Gasteiger charge is 2.30. The number of carbonyl (C=O) groups is 2. The van der Waals surface area contributed by atoms with Gasteiger partial charge in [0.2, 0.25) is 11.8 Å². The van der Waals surface area contributed by atoms with Gasteiger partial charge in [-0.3, -0.25) is 9.59 Å². The molecule has 0 aliphatic rings. The molecule has 1 N–H and O–H groups in total. The molecule has 0 aromatic heterocycles. The summed E-state index contributed by atoms with van der Waals surface area (Å²) in [6.07, 6.45) is 2.57. The summed E-state index contributed by atoms with van der Waals surface area (Å²) in [5.74, 6) is 0.525. The molecule has 3 rings (SSSR count). The maximum atomic E-state index is 13.8. The van der Waals surface area contributed by atoms with E-state index >= 15 is 0 Å². The maximum Gasteiger partial charge on any atom is 0.243 e. The van der Waals surface area contributed by atoms with Crippen LogP contribution in [-0.4, -0.2) is 36.4 Å². The molecule has 36 heavy (non-hydrogen) atoms. The van der Waals surface area contributed by atoms with E-state index < -0.39 is 6.04 Å². The molecule has 0 heterocycles. The summed E-state index contributed by atoms with van der Waals surface area (Å²) >= 11 is 0. The summed E-state index contributed by atoms with van der Waals surface area (Å²) in [5.41, 5.74) is 5.23. The Morgan fingerprint density at radius 2 is 1.64 bits per heavy atom. The molecule has 5 heteroatoms. The molecule has 1 atom stereocenters. The summed E-state index contributed by atoms with van der Waals surface area (Å²) in [6, 6.07) is 23.0. The van der Waals surface area contributed by atoms with Crippen molar-refractivity contribution in [2.24, 2.45) is 0 Å². The molecule has 5 nitrogen and oxygen atoms in total. The van der Waals surface area contributed by atoms with Gasteiger partial charge in [0, 0.05) is 19.5 Å². The van der Waals surface area contributed by atoms with Gasteiger partial charge in [-0.15, -0.1) is 0 Å². The second kappa shape index (κ2) is 13.5. The van der Waals surface area contributed by atoms with Gasteiger partial charge in [0.1, 0.15) is 11.8 Å². The third kappa shape index (κ3) is 7.70. The molecule has 0 radical (unpaired) electrons. The van der Waals surface area contributed by atoms with Gasteiger partial charge in [-0.1, -0.05) is 74.0 Å². The first kappa shape index (κ1) is 27.0. The number of amides is 2. The van der Waals surface area contributed by atoms with E-state index in [1.54, 1.807) is 12.0 Å². The van der Waals surface area contributed by atoms with Crippen LogP contribution in [0.25, 0.3) is 0 Å². The Kier molecular flexibility index (Phi) is 10.1. The van der Waals surface area contributed by atoms with Gasteiger partial charge in [0.25, 0.3) is 0 Å². The van der Waals surface area contributed by atoms with E-state index in [0.717, 1.165) is 40.8 Å². The minimum Gasteiger partial charge on any atom is -0.497 e. The number of benzene rings is 3. The largest absolute Gasteiger partial charge is 0.497 e. The average molecular weight is 487 g/mol. The molecule has 190 valence electrons. The second-order valence-electron chi connectivity index (χ2n) is 9.32. The number of methoxy groups -OCH3 is 1. The lowest BCUT2D eigenvalue weighted by Gasteiger charge is -2.32. The van der Waals surface area contributed by atoms with Crippen LogP contribution in [0.4, 0.5) is 0 Å². The highest BCUT2D eigenvalue weighted by atomic mass is 16.5. The molecule has 3 aromatic rings. The van der Waals surface area contributed by atoms with Crippen molar-refractivity contribution in [2.45, 2.75) is 59.0 Å². The Balaban J connectivity index is 1.96. The SMILES string of the molecule is CCCCNC(=O)[C@@H](Cc1ccccc1)N(Cc1cccc(OC)c1)C(=O)Cc1ccc(C)c(C)c1. The zero-order valence-electron chi connectivity index (χ0n) is 21.9. The van der Waals surface area contributed by atoms with Crippen molar-refractivity contribution in [3.63, 3.8) is 0 Å². The molecule has 0 fully saturated rings. The summed E-state index contributed by atoms with van der Waals surface area (Å²) < 4.78 is 5.40. The quantitative estimate of drug-likeness (QED) is 0.348. The van der Waals surface area contributed by atoms with Crippen molar-refractivity contribution in [3.8, 4) is 5.75 Å². The Hall–Kier alpha value is -3.60. The van der Waals surface area contributed by atoms with Crippen molar-refractivity contribution in [2.75, 3.05) is 13.7 Å². The molecule has 0 spiro atoms. The van der Waals surface area contributed by atoms with Crippen LogP contribution in [-0.2, 0) is 29.0 Å². The van der Waals surface area contributed by atoms with Crippen molar-refractivity contribution < 1.29 is 14.3 Å². The van der Waals surface area contributed by atoms with Crippen LogP contribution < -0.4 is 10.1 Å². The monoisotopic (exact) mass is 486 g/mol. The molecule has 0 aliphatic carbocycles. The van der Waals surface area contributed by atoms with Crippen LogP contribution >= 0.6 is 0 Å². The third-order valence-electron chi connectivity index (χ3n) is 6.51. The van der Waals surface area contributed by atoms with Gasteiger partial charge in [0.05, 0.1) is 13.5 Å². The molecule has 0 aliphatic heterocycles. The minimum atomic E-state index is -0.630. The normalized spacial score (nSPS) is 11.6. The van der Waals surface area contributed by atoms with Gasteiger partial charge in [-0.05, 0) is 60.2 Å². The number of rotatable bonds is 12. The van der Waals surface area contributed by atoms with E-state index in [4.69, 9.17) is 4.74 Å². The number of hydrogen-bond donors (Lipinski definition) is 1. The zero-order valence-corrected chi connectivity index (χ0v) is 21.9. The lowest BCUT2D eigenvalue weighted by Crippen LogP contribution is -2.51. The van der Waals surface area contributed by atoms with Crippen LogP contribution in [0, 0.1) is 13.8 Å². The van der Waals surface area contributed by atoms with E-state index in [-0.39, 0.29) is 18.2 Å². The Labute approximate surface area is 215 Å². The summed E-state index contributed by atoms with van der Waals surface area (Å²) in [7, 11) is 1.63. The van der Waals surface area contributed by atoms with Gasteiger partial charge >= 0.3 is 0 Å². The first-order chi connectivity index (χ1) is 17.4. The van der Waals surface area contributed by atoms with E-state index in [0.29, 0.717) is 19.5 Å². The number of unbranched alkanes of at least 4 members (excludes halogenated alkanes) is 1. The lowest BCUT2D eigenvalue weighted by molar-refractivity contribution is -0.140. The topological polar surface area (TPSA) is 58.6 Å². The summed E-state index contributed by atoms with van der Waals surface area (Å²) in [6.45, 7) is 7.12. The average Bonchev–Trinajstić information content (AvgIpc) is 2.89. The van der Waals surface area contributed by atoms with E-state index in [2.05, 4.69) is 32.2 Å². The molecule has 0 bridgehead atoms.